The maximum absolute atomic E-state index is 4.41. The van der Waals surface area contributed by atoms with Crippen molar-refractivity contribution >= 4 is 6.21 Å². The Hall–Kier alpha value is -1.18. The van der Waals surface area contributed by atoms with Crippen molar-refractivity contribution in [2.75, 3.05) is 0 Å². The van der Waals surface area contributed by atoms with Crippen LogP contribution in [0.3, 0.4) is 0 Å². The van der Waals surface area contributed by atoms with Gasteiger partial charge in [-0.25, -0.2) is 0 Å². The molecule has 0 saturated carbocycles. The molecule has 2 nitrogen and oxygen atoms in total. The summed E-state index contributed by atoms with van der Waals surface area (Å²) >= 11 is 0. The van der Waals surface area contributed by atoms with E-state index in [9.17, 15) is 0 Å². The first-order chi connectivity index (χ1) is 5.97. The third kappa shape index (κ3) is 1.52. The largest absolute Gasteiger partial charge is 0.288 e. The highest BCUT2D eigenvalue weighted by atomic mass is 14.8. The zero-order valence-corrected chi connectivity index (χ0v) is 6.98. The van der Waals surface area contributed by atoms with Gasteiger partial charge in [-0.05, 0) is 37.6 Å². The number of aliphatic imine (C=N–C) groups is 1. The van der Waals surface area contributed by atoms with Gasteiger partial charge in [0.1, 0.15) is 0 Å². The third-order valence-corrected chi connectivity index (χ3v) is 2.13. The van der Waals surface area contributed by atoms with Crippen LogP contribution < -0.4 is 0 Å². The lowest BCUT2D eigenvalue weighted by Crippen LogP contribution is -2.02. The van der Waals surface area contributed by atoms with E-state index < -0.39 is 0 Å². The number of hydrogen-bond donors (Lipinski definition) is 0. The average molecular weight is 160 g/mol. The molecule has 1 unspecified atom stereocenters. The first-order valence-electron chi connectivity index (χ1n) is 4.39. The van der Waals surface area contributed by atoms with Crippen LogP contribution in [-0.2, 0) is 0 Å². The molecule has 12 heavy (non-hydrogen) atoms. The molecule has 0 saturated heterocycles. The van der Waals surface area contributed by atoms with E-state index in [0.717, 1.165) is 18.5 Å². The molecule has 0 fully saturated rings. The lowest BCUT2D eigenvalue weighted by Gasteiger charge is -2.14. The Labute approximate surface area is 72.4 Å². The molecule has 1 aliphatic rings. The molecule has 0 bridgehead atoms. The Bertz CT molecular complexity index is 266. The van der Waals surface area contributed by atoms with Crippen LogP contribution in [0.4, 0.5) is 0 Å². The van der Waals surface area contributed by atoms with E-state index in [1.54, 1.807) is 0 Å². The van der Waals surface area contributed by atoms with Gasteiger partial charge in [-0.2, -0.15) is 0 Å². The van der Waals surface area contributed by atoms with Gasteiger partial charge in [0.25, 0.3) is 0 Å². The summed E-state index contributed by atoms with van der Waals surface area (Å²) in [5.74, 6) is 0. The maximum atomic E-state index is 4.41. The summed E-state index contributed by atoms with van der Waals surface area (Å²) < 4.78 is 0. The molecule has 62 valence electrons. The van der Waals surface area contributed by atoms with Crippen LogP contribution in [0.25, 0.3) is 0 Å². The fourth-order valence-corrected chi connectivity index (χ4v) is 1.48. The van der Waals surface area contributed by atoms with Crippen molar-refractivity contribution in [3.05, 3.63) is 30.1 Å². The summed E-state index contributed by atoms with van der Waals surface area (Å²) in [6, 6.07) is 6.33. The van der Waals surface area contributed by atoms with Crippen LogP contribution in [0.15, 0.2) is 29.4 Å². The SMILES string of the molecule is C1=NC(c2ccccn2)CCC1. The van der Waals surface area contributed by atoms with Gasteiger partial charge in [-0.15, -0.1) is 0 Å². The fraction of sp³-hybridized carbons (Fsp3) is 0.400. The molecular weight excluding hydrogens is 148 g/mol. The zero-order chi connectivity index (χ0) is 8.23. The molecule has 0 aromatic carbocycles. The van der Waals surface area contributed by atoms with E-state index in [0.29, 0.717) is 6.04 Å². The smallest absolute Gasteiger partial charge is 0.0915 e. The summed E-state index contributed by atoms with van der Waals surface area (Å²) in [6.07, 6.45) is 7.36. The lowest BCUT2D eigenvalue weighted by molar-refractivity contribution is 0.590. The number of pyridine rings is 1. The van der Waals surface area contributed by atoms with Gasteiger partial charge in [-0.1, -0.05) is 6.07 Å². The third-order valence-electron chi connectivity index (χ3n) is 2.13. The minimum absolute atomic E-state index is 0.319. The lowest BCUT2D eigenvalue weighted by atomic mass is 10.0. The molecule has 0 radical (unpaired) electrons. The van der Waals surface area contributed by atoms with Crippen molar-refractivity contribution < 1.29 is 0 Å². The fourth-order valence-electron chi connectivity index (χ4n) is 1.48. The van der Waals surface area contributed by atoms with Gasteiger partial charge in [0.05, 0.1) is 11.7 Å². The number of rotatable bonds is 1. The summed E-state index contributed by atoms with van der Waals surface area (Å²) in [6.45, 7) is 0. The average Bonchev–Trinajstić information content (AvgIpc) is 2.21. The molecule has 2 heteroatoms. The topological polar surface area (TPSA) is 25.2 Å². The van der Waals surface area contributed by atoms with E-state index in [4.69, 9.17) is 0 Å². The second-order valence-corrected chi connectivity index (χ2v) is 3.03. The Kier molecular flexibility index (Phi) is 2.16. The van der Waals surface area contributed by atoms with Crippen LogP contribution >= 0.6 is 0 Å². The number of nitrogens with zero attached hydrogens (tertiary/aromatic N) is 2. The molecule has 0 amide bonds. The summed E-state index contributed by atoms with van der Waals surface area (Å²) in [5.41, 5.74) is 1.11. The highest BCUT2D eigenvalue weighted by Gasteiger charge is 2.11. The molecule has 0 spiro atoms. The molecule has 1 aliphatic heterocycles. The number of aromatic nitrogens is 1. The van der Waals surface area contributed by atoms with Crippen molar-refractivity contribution in [2.24, 2.45) is 4.99 Å². The van der Waals surface area contributed by atoms with E-state index in [1.165, 1.54) is 6.42 Å². The molecule has 1 atom stereocenters. The minimum Gasteiger partial charge on any atom is -0.288 e. The first kappa shape index (κ1) is 7.47. The Morgan fingerprint density at radius 1 is 1.33 bits per heavy atom. The molecule has 1 aromatic heterocycles. The predicted octanol–water partition coefficient (Wildman–Crippen LogP) is 2.38. The van der Waals surface area contributed by atoms with Crippen molar-refractivity contribution in [1.29, 1.82) is 0 Å². The van der Waals surface area contributed by atoms with Crippen molar-refractivity contribution in [2.45, 2.75) is 25.3 Å². The molecule has 1 aromatic rings. The van der Waals surface area contributed by atoms with Crippen molar-refractivity contribution in [3.8, 4) is 0 Å². The van der Waals surface area contributed by atoms with Gasteiger partial charge in [0.15, 0.2) is 0 Å². The Balaban J connectivity index is 2.19. The van der Waals surface area contributed by atoms with E-state index >= 15 is 0 Å². The number of hydrogen-bond acceptors (Lipinski definition) is 2. The standard InChI is InChI=1S/C10H12N2/c1-3-7-11-9(5-1)10-6-2-4-8-12-10/h1,3,5,7-8,10H,2,4,6H2. The molecule has 0 aliphatic carbocycles. The predicted molar refractivity (Wildman–Crippen MR) is 49.3 cm³/mol. The highest BCUT2D eigenvalue weighted by molar-refractivity contribution is 5.58. The van der Waals surface area contributed by atoms with Crippen LogP contribution in [0.5, 0.6) is 0 Å². The normalized spacial score (nSPS) is 22.5. The van der Waals surface area contributed by atoms with Crippen LogP contribution in [0.2, 0.25) is 0 Å². The first-order valence-corrected chi connectivity index (χ1v) is 4.39. The second kappa shape index (κ2) is 3.48. The zero-order valence-electron chi connectivity index (χ0n) is 6.98. The van der Waals surface area contributed by atoms with Gasteiger partial charge in [0.2, 0.25) is 0 Å². The van der Waals surface area contributed by atoms with Crippen molar-refractivity contribution in [1.82, 2.24) is 4.98 Å². The monoisotopic (exact) mass is 160 g/mol. The van der Waals surface area contributed by atoms with E-state index in [2.05, 4.69) is 9.98 Å². The van der Waals surface area contributed by atoms with Gasteiger partial charge in [-0.3, -0.25) is 9.98 Å². The Morgan fingerprint density at radius 3 is 3.00 bits per heavy atom. The highest BCUT2D eigenvalue weighted by Crippen LogP contribution is 2.23. The second-order valence-electron chi connectivity index (χ2n) is 3.03. The summed E-state index contributed by atoms with van der Waals surface area (Å²) in [5, 5.41) is 0. The van der Waals surface area contributed by atoms with E-state index in [1.807, 2.05) is 30.6 Å². The molecule has 2 rings (SSSR count). The van der Waals surface area contributed by atoms with Crippen LogP contribution in [-0.4, -0.2) is 11.2 Å². The minimum atomic E-state index is 0.319. The summed E-state index contributed by atoms with van der Waals surface area (Å²) in [4.78, 5) is 8.70. The molecular formula is C10H12N2. The molecule has 0 N–H and O–H groups in total. The quantitative estimate of drug-likeness (QED) is 0.619. The summed E-state index contributed by atoms with van der Waals surface area (Å²) in [7, 11) is 0. The van der Waals surface area contributed by atoms with Crippen LogP contribution in [0, 0.1) is 0 Å². The Morgan fingerprint density at radius 2 is 2.33 bits per heavy atom. The van der Waals surface area contributed by atoms with Crippen LogP contribution in [0.1, 0.15) is 31.0 Å². The van der Waals surface area contributed by atoms with Gasteiger partial charge >= 0.3 is 0 Å². The van der Waals surface area contributed by atoms with Gasteiger partial charge in [0, 0.05) is 6.20 Å². The van der Waals surface area contributed by atoms with Crippen molar-refractivity contribution in [3.63, 3.8) is 0 Å². The molecule has 2 heterocycles. The van der Waals surface area contributed by atoms with Gasteiger partial charge < -0.3 is 0 Å². The van der Waals surface area contributed by atoms with E-state index in [-0.39, 0.29) is 0 Å². The maximum Gasteiger partial charge on any atom is 0.0915 e.